The highest BCUT2D eigenvalue weighted by molar-refractivity contribution is 5.66. The SMILES string of the molecule is C=C1c2nnccc2C2(CC2)CN1C1CCC(CN)CC1. The van der Waals surface area contributed by atoms with Crippen molar-refractivity contribution in [2.45, 2.75) is 50.0 Å². The van der Waals surface area contributed by atoms with Crippen LogP contribution in [0.25, 0.3) is 5.70 Å². The second-order valence-corrected chi connectivity index (χ2v) is 7.06. The molecule has 1 aromatic rings. The van der Waals surface area contributed by atoms with Gasteiger partial charge in [-0.25, -0.2) is 0 Å². The van der Waals surface area contributed by atoms with Crippen molar-refractivity contribution in [3.05, 3.63) is 30.1 Å². The highest BCUT2D eigenvalue weighted by Gasteiger charge is 2.51. The molecule has 2 saturated carbocycles. The van der Waals surface area contributed by atoms with Crippen molar-refractivity contribution in [2.75, 3.05) is 13.1 Å². The summed E-state index contributed by atoms with van der Waals surface area (Å²) in [6.45, 7) is 6.31. The molecule has 0 atom stereocenters. The van der Waals surface area contributed by atoms with E-state index in [9.17, 15) is 0 Å². The highest BCUT2D eigenvalue weighted by Crippen LogP contribution is 2.54. The Morgan fingerprint density at radius 2 is 2.05 bits per heavy atom. The molecule has 0 saturated heterocycles. The number of hydrogen-bond acceptors (Lipinski definition) is 4. The van der Waals surface area contributed by atoms with Crippen LogP contribution in [-0.2, 0) is 5.41 Å². The fraction of sp³-hybridized carbons (Fsp3) is 0.647. The third-order valence-electron chi connectivity index (χ3n) is 5.83. The molecule has 21 heavy (non-hydrogen) atoms. The molecular weight excluding hydrogens is 260 g/mol. The number of nitrogens with two attached hydrogens (primary N) is 1. The average Bonchev–Trinajstić information content (AvgIpc) is 3.32. The number of aromatic nitrogens is 2. The van der Waals surface area contributed by atoms with Crippen molar-refractivity contribution in [1.82, 2.24) is 15.1 Å². The smallest absolute Gasteiger partial charge is 0.112 e. The van der Waals surface area contributed by atoms with E-state index in [1.165, 1.54) is 44.1 Å². The van der Waals surface area contributed by atoms with Crippen molar-refractivity contribution in [2.24, 2.45) is 11.7 Å². The monoisotopic (exact) mass is 284 g/mol. The van der Waals surface area contributed by atoms with Crippen LogP contribution in [0.4, 0.5) is 0 Å². The fourth-order valence-electron chi connectivity index (χ4n) is 4.24. The van der Waals surface area contributed by atoms with Gasteiger partial charge >= 0.3 is 0 Å². The fourth-order valence-corrected chi connectivity index (χ4v) is 4.24. The Morgan fingerprint density at radius 3 is 2.71 bits per heavy atom. The summed E-state index contributed by atoms with van der Waals surface area (Å²) in [5.41, 5.74) is 9.68. The van der Waals surface area contributed by atoms with Crippen molar-refractivity contribution >= 4 is 5.70 Å². The van der Waals surface area contributed by atoms with Gasteiger partial charge in [0.05, 0.1) is 5.70 Å². The molecule has 0 amide bonds. The maximum absolute atomic E-state index is 5.82. The Bertz CT molecular complexity index is 556. The average molecular weight is 284 g/mol. The largest absolute Gasteiger partial charge is 0.366 e. The maximum atomic E-state index is 5.82. The van der Waals surface area contributed by atoms with Gasteiger partial charge in [0.1, 0.15) is 5.69 Å². The maximum Gasteiger partial charge on any atom is 0.112 e. The number of fused-ring (bicyclic) bond motifs is 2. The Hall–Kier alpha value is -1.42. The third-order valence-corrected chi connectivity index (χ3v) is 5.83. The van der Waals surface area contributed by atoms with Crippen molar-refractivity contribution < 1.29 is 0 Å². The topological polar surface area (TPSA) is 55.0 Å². The molecule has 0 aromatic carbocycles. The molecule has 1 aromatic heterocycles. The minimum Gasteiger partial charge on any atom is -0.366 e. The Labute approximate surface area is 126 Å². The minimum absolute atomic E-state index is 0.344. The first-order valence-electron chi connectivity index (χ1n) is 8.22. The summed E-state index contributed by atoms with van der Waals surface area (Å²) in [6.07, 6.45) is 9.39. The molecule has 4 heteroatoms. The quantitative estimate of drug-likeness (QED) is 0.905. The van der Waals surface area contributed by atoms with Gasteiger partial charge in [-0.2, -0.15) is 5.10 Å². The number of rotatable bonds is 2. The highest BCUT2D eigenvalue weighted by atomic mass is 15.2. The van der Waals surface area contributed by atoms with Gasteiger partial charge in [0, 0.05) is 24.2 Å². The summed E-state index contributed by atoms with van der Waals surface area (Å²) in [4.78, 5) is 2.54. The van der Waals surface area contributed by atoms with Crippen LogP contribution in [0, 0.1) is 5.92 Å². The lowest BCUT2D eigenvalue weighted by Gasteiger charge is -2.44. The number of hydrogen-bond donors (Lipinski definition) is 1. The van der Waals surface area contributed by atoms with Gasteiger partial charge in [0.15, 0.2) is 0 Å². The summed E-state index contributed by atoms with van der Waals surface area (Å²) in [7, 11) is 0. The molecular formula is C17H24N4. The summed E-state index contributed by atoms with van der Waals surface area (Å²) < 4.78 is 0. The van der Waals surface area contributed by atoms with E-state index in [-0.39, 0.29) is 0 Å². The minimum atomic E-state index is 0.344. The predicted octanol–water partition coefficient (Wildman–Crippen LogP) is 2.31. The standard InChI is InChI=1S/C17H24N4/c1-12-16-15(6-9-19-20-16)17(7-8-17)11-21(12)14-4-2-13(10-18)3-5-14/h6,9,13-14H,1-5,7-8,10-11,18H2. The van der Waals surface area contributed by atoms with Crippen LogP contribution in [0.15, 0.2) is 18.8 Å². The van der Waals surface area contributed by atoms with E-state index in [0.29, 0.717) is 11.5 Å². The summed E-state index contributed by atoms with van der Waals surface area (Å²) >= 11 is 0. The first-order valence-corrected chi connectivity index (χ1v) is 8.22. The molecule has 0 bridgehead atoms. The van der Waals surface area contributed by atoms with Crippen LogP contribution in [0.5, 0.6) is 0 Å². The Morgan fingerprint density at radius 1 is 1.29 bits per heavy atom. The summed E-state index contributed by atoms with van der Waals surface area (Å²) in [5, 5.41) is 8.49. The van der Waals surface area contributed by atoms with E-state index in [0.717, 1.165) is 30.4 Å². The van der Waals surface area contributed by atoms with Crippen LogP contribution in [0.1, 0.15) is 49.8 Å². The summed E-state index contributed by atoms with van der Waals surface area (Å²) in [6, 6.07) is 2.77. The third kappa shape index (κ3) is 2.08. The van der Waals surface area contributed by atoms with Crippen LogP contribution in [0.2, 0.25) is 0 Å². The molecule has 4 nitrogen and oxygen atoms in total. The lowest BCUT2D eigenvalue weighted by Crippen LogP contribution is -2.45. The normalized spacial score (nSPS) is 30.3. The zero-order valence-corrected chi connectivity index (χ0v) is 12.6. The van der Waals surface area contributed by atoms with Crippen molar-refractivity contribution in [3.8, 4) is 0 Å². The van der Waals surface area contributed by atoms with E-state index < -0.39 is 0 Å². The van der Waals surface area contributed by atoms with E-state index in [1.807, 2.05) is 6.20 Å². The van der Waals surface area contributed by atoms with Crippen LogP contribution in [0.3, 0.4) is 0 Å². The Kier molecular flexibility index (Phi) is 3.03. The van der Waals surface area contributed by atoms with Gasteiger partial charge in [-0.15, -0.1) is 5.10 Å². The molecule has 2 N–H and O–H groups in total. The van der Waals surface area contributed by atoms with E-state index in [2.05, 4.69) is 27.7 Å². The molecule has 1 aliphatic heterocycles. The molecule has 1 spiro atoms. The van der Waals surface area contributed by atoms with Gasteiger partial charge < -0.3 is 10.6 Å². The lowest BCUT2D eigenvalue weighted by atomic mass is 9.82. The van der Waals surface area contributed by atoms with E-state index in [1.54, 1.807) is 0 Å². The molecule has 2 heterocycles. The second-order valence-electron chi connectivity index (χ2n) is 7.06. The summed E-state index contributed by atoms with van der Waals surface area (Å²) in [5.74, 6) is 0.723. The lowest BCUT2D eigenvalue weighted by molar-refractivity contribution is 0.181. The van der Waals surface area contributed by atoms with Gasteiger partial charge in [-0.3, -0.25) is 0 Å². The predicted molar refractivity (Wildman–Crippen MR) is 83.5 cm³/mol. The molecule has 2 fully saturated rings. The van der Waals surface area contributed by atoms with Gasteiger partial charge in [0.2, 0.25) is 0 Å². The van der Waals surface area contributed by atoms with E-state index >= 15 is 0 Å². The van der Waals surface area contributed by atoms with Gasteiger partial charge in [0.25, 0.3) is 0 Å². The zero-order chi connectivity index (χ0) is 14.4. The van der Waals surface area contributed by atoms with Crippen LogP contribution in [-0.4, -0.2) is 34.2 Å². The number of nitrogens with zero attached hydrogens (tertiary/aromatic N) is 3. The second kappa shape index (κ2) is 4.80. The molecule has 3 aliphatic rings. The molecule has 0 unspecified atom stereocenters. The molecule has 0 radical (unpaired) electrons. The first-order chi connectivity index (χ1) is 10.2. The van der Waals surface area contributed by atoms with Gasteiger partial charge in [-0.1, -0.05) is 6.58 Å². The Balaban J connectivity index is 1.60. The van der Waals surface area contributed by atoms with E-state index in [4.69, 9.17) is 5.73 Å². The zero-order valence-electron chi connectivity index (χ0n) is 12.6. The molecule has 112 valence electrons. The molecule has 2 aliphatic carbocycles. The van der Waals surface area contributed by atoms with Gasteiger partial charge in [-0.05, 0) is 62.6 Å². The van der Waals surface area contributed by atoms with Crippen molar-refractivity contribution in [3.63, 3.8) is 0 Å². The van der Waals surface area contributed by atoms with Crippen molar-refractivity contribution in [1.29, 1.82) is 0 Å². The van der Waals surface area contributed by atoms with Crippen LogP contribution < -0.4 is 5.73 Å². The molecule has 4 rings (SSSR count). The first kappa shape index (κ1) is 13.3. The van der Waals surface area contributed by atoms with Crippen LogP contribution >= 0.6 is 0 Å².